The summed E-state index contributed by atoms with van der Waals surface area (Å²) in [4.78, 5) is 24.8. The van der Waals surface area contributed by atoms with Crippen molar-refractivity contribution >= 4 is 11.9 Å². The normalized spacial score (nSPS) is 20.9. The number of amides is 3. The summed E-state index contributed by atoms with van der Waals surface area (Å²) in [6.07, 6.45) is -0.349. The topological polar surface area (TPSA) is 61.4 Å². The molecule has 8 heteroatoms. The third kappa shape index (κ3) is 5.37. The van der Waals surface area contributed by atoms with Crippen molar-refractivity contribution in [3.05, 3.63) is 35.4 Å². The molecule has 5 nitrogen and oxygen atoms in total. The summed E-state index contributed by atoms with van der Waals surface area (Å²) >= 11 is 0. The minimum atomic E-state index is -4.43. The van der Waals surface area contributed by atoms with Gasteiger partial charge in [-0.15, -0.1) is 0 Å². The zero-order chi connectivity index (χ0) is 19.4. The van der Waals surface area contributed by atoms with Gasteiger partial charge in [0.05, 0.1) is 0 Å². The zero-order valence-corrected chi connectivity index (χ0v) is 15.0. The Morgan fingerprint density at radius 2 is 1.74 bits per heavy atom. The quantitative estimate of drug-likeness (QED) is 0.786. The molecule has 1 atom stereocenters. The first kappa shape index (κ1) is 19.5. The van der Waals surface area contributed by atoms with Crippen molar-refractivity contribution in [2.75, 3.05) is 19.6 Å². The molecule has 1 aromatic rings. The van der Waals surface area contributed by atoms with Crippen molar-refractivity contribution in [1.82, 2.24) is 15.5 Å². The number of benzene rings is 1. The minimum Gasteiger partial charge on any atom is -0.338 e. The maximum Gasteiger partial charge on any atom is 0.406 e. The van der Waals surface area contributed by atoms with Crippen LogP contribution >= 0.6 is 0 Å². The van der Waals surface area contributed by atoms with Gasteiger partial charge in [-0.05, 0) is 49.1 Å². The van der Waals surface area contributed by atoms with Gasteiger partial charge in [0, 0.05) is 13.1 Å². The van der Waals surface area contributed by atoms with Crippen LogP contribution in [0.1, 0.15) is 30.4 Å². The number of carbonyl (C=O) groups is 2. The minimum absolute atomic E-state index is 0.00414. The van der Waals surface area contributed by atoms with Crippen LogP contribution in [0, 0.1) is 5.92 Å². The van der Waals surface area contributed by atoms with Gasteiger partial charge in [-0.2, -0.15) is 13.2 Å². The molecule has 148 valence electrons. The number of likely N-dealkylation sites (tertiary alicyclic amines) is 1. The number of aryl methyl sites for hydroxylation is 2. The average molecular weight is 383 g/mol. The fourth-order valence-corrected chi connectivity index (χ4v) is 3.81. The predicted octanol–water partition coefficient (Wildman–Crippen LogP) is 2.64. The summed E-state index contributed by atoms with van der Waals surface area (Å²) in [5.74, 6) is -0.337. The molecule has 1 fully saturated rings. The van der Waals surface area contributed by atoms with Gasteiger partial charge in [-0.25, -0.2) is 4.79 Å². The van der Waals surface area contributed by atoms with E-state index in [9.17, 15) is 22.8 Å². The van der Waals surface area contributed by atoms with Gasteiger partial charge in [-0.1, -0.05) is 24.3 Å². The van der Waals surface area contributed by atoms with Gasteiger partial charge in [0.2, 0.25) is 5.91 Å². The summed E-state index contributed by atoms with van der Waals surface area (Å²) in [6.45, 7) is -0.772. The van der Waals surface area contributed by atoms with Crippen LogP contribution in [0.5, 0.6) is 0 Å². The number of carbonyl (C=O) groups excluding carboxylic acids is 2. The smallest absolute Gasteiger partial charge is 0.338 e. The standard InChI is InChI=1S/C19H24F3N3O2/c20-19(21,22)12-25-10-9-16(17(25)26)24-18(27)23-11-13-5-7-14-3-1-2-4-15(14)8-6-13/h1-4,13,16H,5-12H2,(H2,23,24,27). The molecule has 3 rings (SSSR count). The number of halogens is 3. The van der Waals surface area contributed by atoms with Gasteiger partial charge in [0.25, 0.3) is 0 Å². The molecule has 1 unspecified atom stereocenters. The molecular weight excluding hydrogens is 359 g/mol. The molecule has 2 aliphatic rings. The van der Waals surface area contributed by atoms with E-state index in [1.807, 2.05) is 12.1 Å². The third-order valence-corrected chi connectivity index (χ3v) is 5.29. The molecule has 2 N–H and O–H groups in total. The maximum absolute atomic E-state index is 12.4. The summed E-state index contributed by atoms with van der Waals surface area (Å²) in [5.41, 5.74) is 2.71. The number of urea groups is 1. The molecule has 1 saturated heterocycles. The van der Waals surface area contributed by atoms with Crippen molar-refractivity contribution in [1.29, 1.82) is 0 Å². The van der Waals surface area contributed by atoms with Crippen molar-refractivity contribution < 1.29 is 22.8 Å². The summed E-state index contributed by atoms with van der Waals surface area (Å²) in [6, 6.07) is 6.96. The molecule has 0 saturated carbocycles. The van der Waals surface area contributed by atoms with E-state index in [4.69, 9.17) is 0 Å². The van der Waals surface area contributed by atoms with Crippen LogP contribution in [0.2, 0.25) is 0 Å². The highest BCUT2D eigenvalue weighted by molar-refractivity contribution is 5.88. The predicted molar refractivity (Wildman–Crippen MR) is 94.1 cm³/mol. The van der Waals surface area contributed by atoms with Gasteiger partial charge >= 0.3 is 12.2 Å². The van der Waals surface area contributed by atoms with Crippen LogP contribution < -0.4 is 10.6 Å². The maximum atomic E-state index is 12.4. The van der Waals surface area contributed by atoms with E-state index in [1.54, 1.807) is 0 Å². The molecule has 3 amide bonds. The monoisotopic (exact) mass is 383 g/mol. The highest BCUT2D eigenvalue weighted by Crippen LogP contribution is 2.24. The van der Waals surface area contributed by atoms with E-state index < -0.39 is 30.7 Å². The number of alkyl halides is 3. The molecule has 0 aromatic heterocycles. The van der Waals surface area contributed by atoms with Crippen LogP contribution in [0.4, 0.5) is 18.0 Å². The number of hydrogen-bond donors (Lipinski definition) is 2. The first-order valence-corrected chi connectivity index (χ1v) is 9.28. The molecule has 1 aliphatic heterocycles. The lowest BCUT2D eigenvalue weighted by Crippen LogP contribution is -2.48. The number of rotatable bonds is 4. The lowest BCUT2D eigenvalue weighted by molar-refractivity contribution is -0.157. The molecule has 1 heterocycles. The fraction of sp³-hybridized carbons (Fsp3) is 0.579. The van der Waals surface area contributed by atoms with Crippen LogP contribution in [0.15, 0.2) is 24.3 Å². The Hall–Kier alpha value is -2.25. The van der Waals surface area contributed by atoms with Gasteiger partial charge < -0.3 is 15.5 Å². The van der Waals surface area contributed by atoms with E-state index >= 15 is 0 Å². The molecule has 27 heavy (non-hydrogen) atoms. The SMILES string of the molecule is O=C(NCC1CCc2ccccc2CC1)NC1CCN(CC(F)(F)F)C1=O. The second-order valence-corrected chi connectivity index (χ2v) is 7.28. The van der Waals surface area contributed by atoms with Crippen LogP contribution in [0.25, 0.3) is 0 Å². The van der Waals surface area contributed by atoms with Gasteiger partial charge in [0.15, 0.2) is 0 Å². The largest absolute Gasteiger partial charge is 0.406 e. The van der Waals surface area contributed by atoms with E-state index in [0.29, 0.717) is 12.5 Å². The zero-order valence-electron chi connectivity index (χ0n) is 15.0. The van der Waals surface area contributed by atoms with E-state index in [-0.39, 0.29) is 13.0 Å². The third-order valence-electron chi connectivity index (χ3n) is 5.29. The first-order valence-electron chi connectivity index (χ1n) is 9.28. The Kier molecular flexibility index (Phi) is 5.92. The Morgan fingerprint density at radius 1 is 1.11 bits per heavy atom. The van der Waals surface area contributed by atoms with Gasteiger partial charge in [-0.3, -0.25) is 4.79 Å². The number of fused-ring (bicyclic) bond motifs is 1. The van der Waals surface area contributed by atoms with Gasteiger partial charge in [0.1, 0.15) is 12.6 Å². The lowest BCUT2D eigenvalue weighted by Gasteiger charge is -2.19. The van der Waals surface area contributed by atoms with E-state index in [1.165, 1.54) is 11.1 Å². The van der Waals surface area contributed by atoms with E-state index in [2.05, 4.69) is 22.8 Å². The van der Waals surface area contributed by atoms with Crippen LogP contribution in [0.3, 0.4) is 0 Å². The van der Waals surface area contributed by atoms with Crippen molar-refractivity contribution in [2.24, 2.45) is 5.92 Å². The second-order valence-electron chi connectivity index (χ2n) is 7.28. The van der Waals surface area contributed by atoms with Crippen LogP contribution in [-0.4, -0.2) is 48.7 Å². The molecule has 1 aromatic carbocycles. The summed E-state index contributed by atoms with van der Waals surface area (Å²) in [5, 5.41) is 5.28. The molecule has 0 bridgehead atoms. The number of hydrogen-bond acceptors (Lipinski definition) is 2. The van der Waals surface area contributed by atoms with E-state index in [0.717, 1.165) is 30.6 Å². The number of nitrogens with zero attached hydrogens (tertiary/aromatic N) is 1. The average Bonchev–Trinajstić information content (AvgIpc) is 2.83. The molecule has 1 aliphatic carbocycles. The molecule has 0 radical (unpaired) electrons. The Labute approximate surface area is 156 Å². The summed E-state index contributed by atoms with van der Waals surface area (Å²) in [7, 11) is 0. The van der Waals surface area contributed by atoms with Crippen molar-refractivity contribution in [3.8, 4) is 0 Å². The molecular formula is C19H24F3N3O2. The highest BCUT2D eigenvalue weighted by Gasteiger charge is 2.39. The lowest BCUT2D eigenvalue weighted by atomic mass is 10.00. The summed E-state index contributed by atoms with van der Waals surface area (Å²) < 4.78 is 37.3. The fourth-order valence-electron chi connectivity index (χ4n) is 3.81. The van der Waals surface area contributed by atoms with Crippen molar-refractivity contribution in [3.63, 3.8) is 0 Å². The Morgan fingerprint density at radius 3 is 2.33 bits per heavy atom. The highest BCUT2D eigenvalue weighted by atomic mass is 19.4. The second kappa shape index (κ2) is 8.19. The molecule has 0 spiro atoms. The Bertz CT molecular complexity index is 666. The van der Waals surface area contributed by atoms with Crippen LogP contribution in [-0.2, 0) is 17.6 Å². The van der Waals surface area contributed by atoms with Crippen molar-refractivity contribution in [2.45, 2.75) is 44.3 Å². The first-order chi connectivity index (χ1) is 12.8. The number of nitrogens with one attached hydrogen (secondary N) is 2. The Balaban J connectivity index is 1.42.